The monoisotopic (exact) mass is 405 g/mol. The van der Waals surface area contributed by atoms with E-state index in [0.29, 0.717) is 11.1 Å². The summed E-state index contributed by atoms with van der Waals surface area (Å²) in [5.41, 5.74) is 2.67. The summed E-state index contributed by atoms with van der Waals surface area (Å²) in [5.74, 6) is -0.246. The quantitative estimate of drug-likeness (QED) is 0.271. The van der Waals surface area contributed by atoms with Gasteiger partial charge in [0.25, 0.3) is 11.6 Å². The fourth-order valence-electron chi connectivity index (χ4n) is 2.74. The van der Waals surface area contributed by atoms with E-state index in [-0.39, 0.29) is 24.1 Å². The molecule has 0 unspecified atom stereocenters. The van der Waals surface area contributed by atoms with Crippen LogP contribution in [0.1, 0.15) is 21.9 Å². The van der Waals surface area contributed by atoms with Crippen molar-refractivity contribution >= 4 is 11.7 Å². The zero-order chi connectivity index (χ0) is 21.1. The molecule has 150 valence electrons. The molecule has 2 aromatic heterocycles. The fourth-order valence-corrected chi connectivity index (χ4v) is 2.74. The second-order valence-electron chi connectivity index (χ2n) is 6.31. The summed E-state index contributed by atoms with van der Waals surface area (Å²) in [6, 6.07) is 14.4. The first-order valence-corrected chi connectivity index (χ1v) is 8.86. The average molecular weight is 405 g/mol. The predicted molar refractivity (Wildman–Crippen MR) is 104 cm³/mol. The lowest BCUT2D eigenvalue weighted by molar-refractivity contribution is -0.384. The maximum absolute atomic E-state index is 12.3. The second kappa shape index (κ2) is 7.95. The van der Waals surface area contributed by atoms with Gasteiger partial charge in [-0.1, -0.05) is 0 Å². The van der Waals surface area contributed by atoms with E-state index in [1.807, 2.05) is 13.0 Å². The SMILES string of the molecule is Cc1ccnn1-c1ccc(C(=O)OCc2nnc(-c3ccc([N+](=O)[O-])cc3)o2)cc1. The largest absolute Gasteiger partial charge is 0.452 e. The van der Waals surface area contributed by atoms with Crippen LogP contribution in [0.4, 0.5) is 5.69 Å². The van der Waals surface area contributed by atoms with Crippen LogP contribution in [0, 0.1) is 17.0 Å². The van der Waals surface area contributed by atoms with Gasteiger partial charge in [0, 0.05) is 29.6 Å². The smallest absolute Gasteiger partial charge is 0.338 e. The van der Waals surface area contributed by atoms with Gasteiger partial charge in [0.15, 0.2) is 6.61 Å². The summed E-state index contributed by atoms with van der Waals surface area (Å²) in [4.78, 5) is 22.5. The van der Waals surface area contributed by atoms with E-state index in [1.54, 1.807) is 35.1 Å². The number of rotatable bonds is 6. The summed E-state index contributed by atoms with van der Waals surface area (Å²) in [6.45, 7) is 1.74. The van der Waals surface area contributed by atoms with Crippen LogP contribution >= 0.6 is 0 Å². The Balaban J connectivity index is 1.38. The number of carbonyl (C=O) groups excluding carboxylic acids is 1. The third-order valence-corrected chi connectivity index (χ3v) is 4.30. The van der Waals surface area contributed by atoms with E-state index in [0.717, 1.165) is 11.4 Å². The zero-order valence-corrected chi connectivity index (χ0v) is 15.8. The summed E-state index contributed by atoms with van der Waals surface area (Å²) >= 11 is 0. The number of hydrogen-bond acceptors (Lipinski definition) is 8. The van der Waals surface area contributed by atoms with E-state index in [9.17, 15) is 14.9 Å². The molecule has 2 aromatic carbocycles. The Morgan fingerprint density at radius 1 is 1.10 bits per heavy atom. The number of nitro benzene ring substituents is 1. The molecular weight excluding hydrogens is 390 g/mol. The number of ether oxygens (including phenoxy) is 1. The lowest BCUT2D eigenvalue weighted by Gasteiger charge is -2.06. The number of aryl methyl sites for hydroxylation is 1. The first-order valence-electron chi connectivity index (χ1n) is 8.86. The van der Waals surface area contributed by atoms with E-state index < -0.39 is 10.9 Å². The number of nitro groups is 1. The van der Waals surface area contributed by atoms with Gasteiger partial charge in [-0.15, -0.1) is 10.2 Å². The van der Waals surface area contributed by atoms with Crippen LogP contribution in [0.5, 0.6) is 0 Å². The molecule has 0 spiro atoms. The Hall–Kier alpha value is -4.34. The minimum absolute atomic E-state index is 0.0406. The van der Waals surface area contributed by atoms with Crippen molar-refractivity contribution in [3.05, 3.63) is 88.1 Å². The summed E-state index contributed by atoms with van der Waals surface area (Å²) in [5, 5.41) is 22.6. The molecule has 4 aromatic rings. The van der Waals surface area contributed by atoms with E-state index >= 15 is 0 Å². The summed E-state index contributed by atoms with van der Waals surface area (Å²) < 4.78 is 12.4. The van der Waals surface area contributed by atoms with Gasteiger partial charge in [0.05, 0.1) is 16.2 Å². The lowest BCUT2D eigenvalue weighted by Crippen LogP contribution is -2.06. The van der Waals surface area contributed by atoms with E-state index in [1.165, 1.54) is 24.3 Å². The first-order chi connectivity index (χ1) is 14.5. The van der Waals surface area contributed by atoms with Crippen LogP contribution in [0.3, 0.4) is 0 Å². The second-order valence-corrected chi connectivity index (χ2v) is 6.31. The number of aromatic nitrogens is 4. The zero-order valence-electron chi connectivity index (χ0n) is 15.8. The maximum Gasteiger partial charge on any atom is 0.338 e. The van der Waals surface area contributed by atoms with Crippen molar-refractivity contribution in [3.8, 4) is 17.1 Å². The fraction of sp³-hybridized carbons (Fsp3) is 0.100. The van der Waals surface area contributed by atoms with Crippen molar-refractivity contribution in [3.63, 3.8) is 0 Å². The van der Waals surface area contributed by atoms with Crippen molar-refractivity contribution in [2.75, 3.05) is 0 Å². The Morgan fingerprint density at radius 3 is 2.47 bits per heavy atom. The summed E-state index contributed by atoms with van der Waals surface area (Å²) in [6.07, 6.45) is 1.70. The normalized spacial score (nSPS) is 10.7. The van der Waals surface area contributed by atoms with Gasteiger partial charge < -0.3 is 9.15 Å². The molecule has 0 aliphatic rings. The highest BCUT2D eigenvalue weighted by Gasteiger charge is 2.14. The molecule has 0 bridgehead atoms. The first kappa shape index (κ1) is 19.0. The Morgan fingerprint density at radius 2 is 1.83 bits per heavy atom. The predicted octanol–water partition coefficient (Wildman–Crippen LogP) is 3.50. The highest BCUT2D eigenvalue weighted by atomic mass is 16.6. The number of non-ortho nitro benzene ring substituents is 1. The van der Waals surface area contributed by atoms with Crippen molar-refractivity contribution in [2.45, 2.75) is 13.5 Å². The molecule has 0 N–H and O–H groups in total. The molecule has 10 nitrogen and oxygen atoms in total. The van der Waals surface area contributed by atoms with E-state index in [2.05, 4.69) is 15.3 Å². The van der Waals surface area contributed by atoms with Crippen molar-refractivity contribution in [2.24, 2.45) is 0 Å². The number of esters is 1. The van der Waals surface area contributed by atoms with E-state index in [4.69, 9.17) is 9.15 Å². The van der Waals surface area contributed by atoms with Crippen LogP contribution in [0.25, 0.3) is 17.1 Å². The minimum atomic E-state index is -0.533. The lowest BCUT2D eigenvalue weighted by atomic mass is 10.2. The molecule has 0 amide bonds. The maximum atomic E-state index is 12.3. The van der Waals surface area contributed by atoms with Gasteiger partial charge in [-0.3, -0.25) is 10.1 Å². The standard InChI is InChI=1S/C20H15N5O5/c1-13-10-11-21-24(13)16-6-4-15(5-7-16)20(26)29-12-18-22-23-19(30-18)14-2-8-17(9-3-14)25(27)28/h2-11H,12H2,1H3. The molecule has 0 saturated carbocycles. The molecule has 30 heavy (non-hydrogen) atoms. The molecule has 0 atom stereocenters. The van der Waals surface area contributed by atoms with Crippen LogP contribution in [0.15, 0.2) is 65.2 Å². The molecule has 2 heterocycles. The Kier molecular flexibility index (Phi) is 5.04. The number of hydrogen-bond donors (Lipinski definition) is 0. The van der Waals surface area contributed by atoms with Gasteiger partial charge in [-0.25, -0.2) is 9.48 Å². The van der Waals surface area contributed by atoms with Gasteiger partial charge >= 0.3 is 5.97 Å². The van der Waals surface area contributed by atoms with Crippen molar-refractivity contribution in [1.29, 1.82) is 0 Å². The third-order valence-electron chi connectivity index (χ3n) is 4.30. The van der Waals surface area contributed by atoms with Crippen LogP contribution in [-0.2, 0) is 11.3 Å². The van der Waals surface area contributed by atoms with Crippen molar-refractivity contribution < 1.29 is 18.9 Å². The Bertz CT molecular complexity index is 1200. The molecule has 10 heteroatoms. The molecule has 0 aliphatic carbocycles. The van der Waals surface area contributed by atoms with Gasteiger partial charge in [0.1, 0.15) is 0 Å². The minimum Gasteiger partial charge on any atom is -0.452 e. The average Bonchev–Trinajstić information content (AvgIpc) is 3.41. The molecule has 0 radical (unpaired) electrons. The molecular formula is C20H15N5O5. The molecule has 0 saturated heterocycles. The number of benzene rings is 2. The Labute approximate surface area is 169 Å². The van der Waals surface area contributed by atoms with Crippen LogP contribution < -0.4 is 0 Å². The highest BCUT2D eigenvalue weighted by molar-refractivity contribution is 5.89. The third kappa shape index (κ3) is 3.92. The van der Waals surface area contributed by atoms with Gasteiger partial charge in [-0.05, 0) is 49.4 Å². The van der Waals surface area contributed by atoms with Crippen LogP contribution in [0.2, 0.25) is 0 Å². The molecule has 0 aliphatic heterocycles. The van der Waals surface area contributed by atoms with Gasteiger partial charge in [0.2, 0.25) is 5.89 Å². The molecule has 4 rings (SSSR count). The van der Waals surface area contributed by atoms with Gasteiger partial charge in [-0.2, -0.15) is 5.10 Å². The molecule has 0 fully saturated rings. The van der Waals surface area contributed by atoms with Crippen molar-refractivity contribution in [1.82, 2.24) is 20.0 Å². The highest BCUT2D eigenvalue weighted by Crippen LogP contribution is 2.21. The number of carbonyl (C=O) groups is 1. The van der Waals surface area contributed by atoms with Crippen LogP contribution in [-0.4, -0.2) is 30.9 Å². The topological polar surface area (TPSA) is 126 Å². The summed E-state index contributed by atoms with van der Waals surface area (Å²) in [7, 11) is 0. The number of nitrogens with zero attached hydrogens (tertiary/aromatic N) is 5.